The van der Waals surface area contributed by atoms with Crippen LogP contribution in [0, 0.1) is 32.2 Å². The molecule has 51 heavy (non-hydrogen) atoms. The molecule has 1 aliphatic rings. The van der Waals surface area contributed by atoms with Crippen molar-refractivity contribution in [3.63, 3.8) is 0 Å². The van der Waals surface area contributed by atoms with Crippen LogP contribution < -0.4 is 4.57 Å². The third-order valence-corrected chi connectivity index (χ3v) is 11.6. The zero-order valence-corrected chi connectivity index (χ0v) is 34.1. The SMILES string of the molecule is CC(C)/C(O)=C/C(=O)C(F)(F)F.[CH2-]c1c(-c2c3sc4c(C)c(C5CCC(C)(C)CC5)ccc4c3cc[n+]2[CH2-])cc(C(C)(C)C)c2ccccc12.[Ir]. The molecule has 0 amide bonds. The molecule has 0 spiro atoms. The average molecular weight is 893 g/mol. The van der Waals surface area contributed by atoms with Gasteiger partial charge < -0.3 is 9.67 Å². The molecular formula is C43H49F3IrNO2S-. The topological polar surface area (TPSA) is 41.2 Å². The van der Waals surface area contributed by atoms with Gasteiger partial charge in [-0.1, -0.05) is 89.7 Å². The Morgan fingerprint density at radius 3 is 2.14 bits per heavy atom. The van der Waals surface area contributed by atoms with Crippen molar-refractivity contribution in [1.82, 2.24) is 0 Å². The second-order valence-electron chi connectivity index (χ2n) is 15.9. The van der Waals surface area contributed by atoms with Crippen molar-refractivity contribution < 1.29 is 47.7 Å². The number of nitrogens with zero attached hydrogens (tertiary/aromatic N) is 1. The zero-order chi connectivity index (χ0) is 36.9. The minimum absolute atomic E-state index is 0. The van der Waals surface area contributed by atoms with Crippen LogP contribution in [0.4, 0.5) is 13.2 Å². The van der Waals surface area contributed by atoms with Gasteiger partial charge in [0.2, 0.25) is 0 Å². The van der Waals surface area contributed by atoms with Gasteiger partial charge in [-0.3, -0.25) is 4.79 Å². The first-order chi connectivity index (χ1) is 23.2. The number of benzene rings is 3. The third-order valence-electron chi connectivity index (χ3n) is 10.3. The van der Waals surface area contributed by atoms with Gasteiger partial charge in [0.05, 0.1) is 17.6 Å². The molecule has 0 atom stereocenters. The van der Waals surface area contributed by atoms with Crippen LogP contribution in [-0.4, -0.2) is 17.1 Å². The van der Waals surface area contributed by atoms with Gasteiger partial charge in [0, 0.05) is 48.5 Å². The number of pyridine rings is 1. The molecule has 0 saturated heterocycles. The summed E-state index contributed by atoms with van der Waals surface area (Å²) in [5.74, 6) is -2.39. The van der Waals surface area contributed by atoms with Crippen molar-refractivity contribution in [2.45, 2.75) is 98.6 Å². The van der Waals surface area contributed by atoms with E-state index in [4.69, 9.17) is 5.11 Å². The summed E-state index contributed by atoms with van der Waals surface area (Å²) in [6.07, 6.45) is 2.65. The predicted octanol–water partition coefficient (Wildman–Crippen LogP) is 12.5. The first-order valence-electron chi connectivity index (χ1n) is 17.3. The van der Waals surface area contributed by atoms with Gasteiger partial charge in [-0.05, 0) is 77.3 Å². The molecule has 1 aliphatic carbocycles. The number of carbonyl (C=O) groups excluding carboxylic acids is 1. The normalized spacial score (nSPS) is 15.6. The van der Waals surface area contributed by atoms with Gasteiger partial charge in [-0.15, -0.1) is 34.4 Å². The summed E-state index contributed by atoms with van der Waals surface area (Å²) in [7, 11) is 4.45. The van der Waals surface area contributed by atoms with E-state index in [0.29, 0.717) is 11.3 Å². The molecule has 5 aromatic rings. The summed E-state index contributed by atoms with van der Waals surface area (Å²) in [4.78, 5) is 10.2. The van der Waals surface area contributed by atoms with E-state index in [2.05, 4.69) is 115 Å². The molecule has 1 N–H and O–H groups in total. The van der Waals surface area contributed by atoms with Crippen molar-refractivity contribution in [3.8, 4) is 11.3 Å². The van der Waals surface area contributed by atoms with Crippen LogP contribution in [0.1, 0.15) is 102 Å². The number of allylic oxidation sites excluding steroid dienone is 2. The molecule has 3 nitrogen and oxygen atoms in total. The number of alkyl halides is 3. The molecule has 8 heteroatoms. The van der Waals surface area contributed by atoms with E-state index >= 15 is 0 Å². The Labute approximate surface area is 318 Å². The van der Waals surface area contributed by atoms with Crippen molar-refractivity contribution in [1.29, 1.82) is 0 Å². The number of aliphatic hydroxyl groups excluding tert-OH is 1. The molecule has 0 unspecified atom stereocenters. The Hall–Kier alpha value is -3.32. The summed E-state index contributed by atoms with van der Waals surface area (Å²) in [5.41, 5.74) is 8.33. The summed E-state index contributed by atoms with van der Waals surface area (Å²) < 4.78 is 39.5. The summed E-state index contributed by atoms with van der Waals surface area (Å²) in [6.45, 7) is 21.7. The van der Waals surface area contributed by atoms with E-state index in [-0.39, 0.29) is 31.6 Å². The monoisotopic (exact) mass is 893 g/mol. The van der Waals surface area contributed by atoms with Crippen LogP contribution in [-0.2, 0) is 30.3 Å². The fourth-order valence-electron chi connectivity index (χ4n) is 7.12. The van der Waals surface area contributed by atoms with Crippen LogP contribution >= 0.6 is 11.3 Å². The van der Waals surface area contributed by atoms with E-state index in [1.54, 1.807) is 5.56 Å². The van der Waals surface area contributed by atoms with Crippen molar-refractivity contribution in [3.05, 3.63) is 103 Å². The van der Waals surface area contributed by atoms with E-state index in [1.807, 2.05) is 11.3 Å². The second kappa shape index (κ2) is 15.0. The van der Waals surface area contributed by atoms with Crippen molar-refractivity contribution in [2.75, 3.05) is 0 Å². The average Bonchev–Trinajstić information content (AvgIpc) is 3.41. The number of fused-ring (bicyclic) bond motifs is 4. The molecule has 2 aromatic heterocycles. The largest absolute Gasteiger partial charge is 0.512 e. The Morgan fingerprint density at radius 1 is 0.980 bits per heavy atom. The van der Waals surface area contributed by atoms with Crippen LogP contribution in [0.5, 0.6) is 0 Å². The minimum atomic E-state index is -4.90. The van der Waals surface area contributed by atoms with Crippen molar-refractivity contribution >= 4 is 48.1 Å². The Kier molecular flexibility index (Phi) is 11.9. The fraction of sp³-hybridized carbons (Fsp3) is 0.395. The second-order valence-corrected chi connectivity index (χ2v) is 16.9. The number of ketones is 1. The first-order valence-corrected chi connectivity index (χ1v) is 18.1. The van der Waals surface area contributed by atoms with E-state index < -0.39 is 23.6 Å². The maximum absolute atomic E-state index is 11.6. The molecule has 3 aromatic carbocycles. The smallest absolute Gasteiger partial charge is 0.454 e. The quantitative estimate of drug-likeness (QED) is 0.0845. The molecule has 0 bridgehead atoms. The van der Waals surface area contributed by atoms with Crippen molar-refractivity contribution in [2.24, 2.45) is 11.3 Å². The molecule has 6 rings (SSSR count). The van der Waals surface area contributed by atoms with E-state index in [9.17, 15) is 18.0 Å². The minimum Gasteiger partial charge on any atom is -0.512 e. The molecule has 0 aliphatic heterocycles. The molecule has 1 radical (unpaired) electrons. The van der Waals surface area contributed by atoms with Crippen LogP contribution in [0.25, 0.3) is 42.2 Å². The molecule has 1 fully saturated rings. The zero-order valence-electron chi connectivity index (χ0n) is 30.8. The fourth-order valence-corrected chi connectivity index (χ4v) is 8.50. The molecule has 275 valence electrons. The van der Waals surface area contributed by atoms with Gasteiger partial charge in [0.15, 0.2) is 0 Å². The Balaban J connectivity index is 0.000000388. The molecular weight excluding hydrogens is 844 g/mol. The van der Waals surface area contributed by atoms with Crippen LogP contribution in [0.2, 0.25) is 0 Å². The number of hydrogen-bond donors (Lipinski definition) is 1. The predicted molar refractivity (Wildman–Crippen MR) is 203 cm³/mol. The van der Waals surface area contributed by atoms with Gasteiger partial charge in [-0.2, -0.15) is 25.7 Å². The Morgan fingerprint density at radius 2 is 1.57 bits per heavy atom. The maximum Gasteiger partial charge on any atom is 0.454 e. The van der Waals surface area contributed by atoms with Gasteiger partial charge >= 0.3 is 6.18 Å². The summed E-state index contributed by atoms with van der Waals surface area (Å²) in [6, 6.07) is 18.2. The number of thiophene rings is 1. The third kappa shape index (κ3) is 8.34. The number of carbonyl (C=O) groups is 1. The number of hydrogen-bond acceptors (Lipinski definition) is 3. The maximum atomic E-state index is 11.6. The van der Waals surface area contributed by atoms with Crippen LogP contribution in [0.3, 0.4) is 0 Å². The van der Waals surface area contributed by atoms with Gasteiger partial charge in [0.1, 0.15) is 0 Å². The Bertz CT molecular complexity index is 2110. The molecule has 1 saturated carbocycles. The van der Waals surface area contributed by atoms with Gasteiger partial charge in [-0.25, -0.2) is 0 Å². The number of aryl methyl sites for hydroxylation is 1. The molecule has 2 heterocycles. The number of aliphatic hydroxyl groups is 1. The number of rotatable bonds is 4. The number of halogens is 3. The summed E-state index contributed by atoms with van der Waals surface area (Å²) >= 11 is 1.94. The van der Waals surface area contributed by atoms with Crippen LogP contribution in [0.15, 0.2) is 66.6 Å². The first kappa shape index (κ1) is 40.4. The van der Waals surface area contributed by atoms with E-state index in [1.165, 1.54) is 92.9 Å². The summed E-state index contributed by atoms with van der Waals surface area (Å²) in [5, 5.41) is 14.0. The van der Waals surface area contributed by atoms with Gasteiger partial charge in [0.25, 0.3) is 5.78 Å². The van der Waals surface area contributed by atoms with E-state index in [0.717, 1.165) is 5.56 Å². The standard InChI is InChI=1S/C36H40NS.C7H9F3O2.Ir/c1-22-26-11-9-10-12-27(26)31(35(3,4)5)21-30(22)32-34-29(17-20-37(32)8)28-14-13-25(23(2)33(28)38-34)24-15-18-36(6,7)19-16-24;1-4(2)5(11)3-6(12)7(8,9)10;/h9-14,17,20-21,24H,1,8,15-16,18-19H2,2-7H3;3-4,11H,1-2H3;/q-1;;/b;5-3-;. The number of aromatic nitrogens is 1.